The first-order valence-corrected chi connectivity index (χ1v) is 5.41. The molecule has 4 nitrogen and oxygen atoms in total. The van der Waals surface area contributed by atoms with Gasteiger partial charge in [-0.15, -0.1) is 0 Å². The van der Waals surface area contributed by atoms with Gasteiger partial charge in [0.2, 0.25) is 5.91 Å². The van der Waals surface area contributed by atoms with E-state index in [1.807, 2.05) is 6.92 Å². The van der Waals surface area contributed by atoms with E-state index >= 15 is 0 Å². The number of primary amides is 1. The summed E-state index contributed by atoms with van der Waals surface area (Å²) < 4.78 is 18.1. The number of ether oxygens (including phenoxy) is 1. The summed E-state index contributed by atoms with van der Waals surface area (Å²) in [5.41, 5.74) is 4.38. The lowest BCUT2D eigenvalue weighted by atomic mass is 10.0. The van der Waals surface area contributed by atoms with Gasteiger partial charge < -0.3 is 15.8 Å². The van der Waals surface area contributed by atoms with Gasteiger partial charge in [0.05, 0.1) is 0 Å². The standard InChI is InChI=1S/C12H17FN2O2/c1-3-15-12(2,11(14)16)8-17-10-6-4-9(13)5-7-10/h4-7,15H,3,8H2,1-2H3,(H2,14,16). The Labute approximate surface area is 100.0 Å². The molecule has 1 rings (SSSR count). The van der Waals surface area contributed by atoms with Crippen LogP contribution >= 0.6 is 0 Å². The fourth-order valence-electron chi connectivity index (χ4n) is 1.36. The first-order chi connectivity index (χ1) is 7.98. The van der Waals surface area contributed by atoms with Crippen LogP contribution in [0.15, 0.2) is 24.3 Å². The summed E-state index contributed by atoms with van der Waals surface area (Å²) in [4.78, 5) is 11.3. The van der Waals surface area contributed by atoms with Gasteiger partial charge in [0.25, 0.3) is 0 Å². The van der Waals surface area contributed by atoms with Crippen molar-refractivity contribution in [3.8, 4) is 5.75 Å². The molecule has 0 aromatic heterocycles. The molecule has 1 amide bonds. The van der Waals surface area contributed by atoms with Crippen LogP contribution in [-0.4, -0.2) is 24.6 Å². The average Bonchev–Trinajstić information content (AvgIpc) is 2.28. The Bertz CT molecular complexity index is 381. The second-order valence-electron chi connectivity index (χ2n) is 3.97. The zero-order valence-corrected chi connectivity index (χ0v) is 10.00. The smallest absolute Gasteiger partial charge is 0.240 e. The molecule has 1 aromatic carbocycles. The van der Waals surface area contributed by atoms with Gasteiger partial charge in [-0.1, -0.05) is 6.92 Å². The third-order valence-corrected chi connectivity index (χ3v) is 2.45. The third-order valence-electron chi connectivity index (χ3n) is 2.45. The normalized spacial score (nSPS) is 14.1. The molecule has 0 spiro atoms. The average molecular weight is 240 g/mol. The lowest BCUT2D eigenvalue weighted by molar-refractivity contribution is -0.124. The predicted octanol–water partition coefficient (Wildman–Crippen LogP) is 1.06. The Morgan fingerprint density at radius 2 is 2.06 bits per heavy atom. The van der Waals surface area contributed by atoms with Crippen LogP contribution in [0.5, 0.6) is 5.75 Å². The maximum atomic E-state index is 12.7. The van der Waals surface area contributed by atoms with E-state index in [9.17, 15) is 9.18 Å². The number of hydrogen-bond donors (Lipinski definition) is 2. The minimum absolute atomic E-state index is 0.0990. The number of carbonyl (C=O) groups is 1. The van der Waals surface area contributed by atoms with Crippen molar-refractivity contribution in [2.75, 3.05) is 13.2 Å². The Morgan fingerprint density at radius 3 is 2.53 bits per heavy atom. The lowest BCUT2D eigenvalue weighted by Crippen LogP contribution is -2.57. The molecule has 1 atom stereocenters. The third kappa shape index (κ3) is 3.71. The zero-order chi connectivity index (χ0) is 12.9. The second kappa shape index (κ2) is 5.63. The van der Waals surface area contributed by atoms with E-state index in [0.717, 1.165) is 0 Å². The van der Waals surface area contributed by atoms with Crippen molar-refractivity contribution in [2.45, 2.75) is 19.4 Å². The van der Waals surface area contributed by atoms with Crippen molar-refractivity contribution in [3.05, 3.63) is 30.1 Å². The molecule has 0 radical (unpaired) electrons. The van der Waals surface area contributed by atoms with E-state index in [1.54, 1.807) is 6.92 Å². The molecule has 0 aliphatic rings. The van der Waals surface area contributed by atoms with E-state index in [4.69, 9.17) is 10.5 Å². The summed E-state index contributed by atoms with van der Waals surface area (Å²) in [7, 11) is 0. The van der Waals surface area contributed by atoms with Gasteiger partial charge in [-0.3, -0.25) is 4.79 Å². The molecule has 17 heavy (non-hydrogen) atoms. The van der Waals surface area contributed by atoms with Gasteiger partial charge in [-0.25, -0.2) is 4.39 Å². The van der Waals surface area contributed by atoms with E-state index in [-0.39, 0.29) is 12.4 Å². The van der Waals surface area contributed by atoms with Crippen molar-refractivity contribution in [1.82, 2.24) is 5.32 Å². The summed E-state index contributed by atoms with van der Waals surface area (Å²) in [6, 6.07) is 5.60. The highest BCUT2D eigenvalue weighted by Crippen LogP contribution is 2.13. The van der Waals surface area contributed by atoms with Crippen LogP contribution in [0, 0.1) is 5.82 Å². The highest BCUT2D eigenvalue weighted by atomic mass is 19.1. The van der Waals surface area contributed by atoms with E-state index in [0.29, 0.717) is 12.3 Å². The molecule has 0 fully saturated rings. The maximum absolute atomic E-state index is 12.7. The number of hydrogen-bond acceptors (Lipinski definition) is 3. The Balaban J connectivity index is 2.64. The van der Waals surface area contributed by atoms with Gasteiger partial charge in [0.1, 0.15) is 23.7 Å². The number of nitrogens with two attached hydrogens (primary N) is 1. The molecule has 3 N–H and O–H groups in total. The number of likely N-dealkylation sites (N-methyl/N-ethyl adjacent to an activating group) is 1. The minimum atomic E-state index is -0.927. The van der Waals surface area contributed by atoms with Gasteiger partial charge in [0, 0.05) is 0 Å². The fourth-order valence-corrected chi connectivity index (χ4v) is 1.36. The van der Waals surface area contributed by atoms with Crippen LogP contribution in [-0.2, 0) is 4.79 Å². The number of halogens is 1. The SMILES string of the molecule is CCNC(C)(COc1ccc(F)cc1)C(N)=O. The molecule has 0 bridgehead atoms. The largest absolute Gasteiger partial charge is 0.491 e. The molecule has 0 saturated heterocycles. The molecule has 5 heteroatoms. The molecule has 0 heterocycles. The fraction of sp³-hybridized carbons (Fsp3) is 0.417. The van der Waals surface area contributed by atoms with Crippen LogP contribution in [0.1, 0.15) is 13.8 Å². The summed E-state index contributed by atoms with van der Waals surface area (Å²) in [5.74, 6) is -0.320. The van der Waals surface area contributed by atoms with Crippen LogP contribution in [0.2, 0.25) is 0 Å². The zero-order valence-electron chi connectivity index (χ0n) is 10.00. The van der Waals surface area contributed by atoms with Crippen molar-refractivity contribution >= 4 is 5.91 Å². The van der Waals surface area contributed by atoms with Crippen LogP contribution < -0.4 is 15.8 Å². The van der Waals surface area contributed by atoms with E-state index in [1.165, 1.54) is 24.3 Å². The minimum Gasteiger partial charge on any atom is -0.491 e. The number of rotatable bonds is 6. The van der Waals surface area contributed by atoms with Crippen molar-refractivity contribution in [3.63, 3.8) is 0 Å². The number of nitrogens with one attached hydrogen (secondary N) is 1. The highest BCUT2D eigenvalue weighted by Gasteiger charge is 2.30. The summed E-state index contributed by atoms with van der Waals surface area (Å²) in [5, 5.41) is 2.97. The molecule has 1 unspecified atom stereocenters. The number of carbonyl (C=O) groups excluding carboxylic acids is 1. The summed E-state index contributed by atoms with van der Waals surface area (Å²) >= 11 is 0. The van der Waals surface area contributed by atoms with Crippen LogP contribution in [0.4, 0.5) is 4.39 Å². The van der Waals surface area contributed by atoms with Gasteiger partial charge in [0.15, 0.2) is 0 Å². The van der Waals surface area contributed by atoms with Gasteiger partial charge in [-0.05, 0) is 37.7 Å². The second-order valence-corrected chi connectivity index (χ2v) is 3.97. The lowest BCUT2D eigenvalue weighted by Gasteiger charge is -2.26. The van der Waals surface area contributed by atoms with Crippen LogP contribution in [0.3, 0.4) is 0 Å². The molecular formula is C12H17FN2O2. The van der Waals surface area contributed by atoms with E-state index in [2.05, 4.69) is 5.32 Å². The summed E-state index contributed by atoms with van der Waals surface area (Å²) in [6.07, 6.45) is 0. The monoisotopic (exact) mass is 240 g/mol. The Hall–Kier alpha value is -1.62. The quantitative estimate of drug-likeness (QED) is 0.781. The topological polar surface area (TPSA) is 64.3 Å². The molecule has 94 valence electrons. The number of amides is 1. The molecule has 0 aliphatic heterocycles. The summed E-state index contributed by atoms with van der Waals surface area (Å²) in [6.45, 7) is 4.25. The Kier molecular flexibility index (Phi) is 4.45. The van der Waals surface area contributed by atoms with Crippen LogP contribution in [0.25, 0.3) is 0 Å². The van der Waals surface area contributed by atoms with E-state index < -0.39 is 11.4 Å². The van der Waals surface area contributed by atoms with Crippen molar-refractivity contribution in [2.24, 2.45) is 5.73 Å². The predicted molar refractivity (Wildman–Crippen MR) is 63.2 cm³/mol. The molecule has 1 aromatic rings. The molecule has 0 aliphatic carbocycles. The number of benzene rings is 1. The highest BCUT2D eigenvalue weighted by molar-refractivity contribution is 5.84. The first kappa shape index (κ1) is 13.4. The maximum Gasteiger partial charge on any atom is 0.240 e. The molecule has 0 saturated carbocycles. The van der Waals surface area contributed by atoms with Crippen molar-refractivity contribution < 1.29 is 13.9 Å². The molecular weight excluding hydrogens is 223 g/mol. The van der Waals surface area contributed by atoms with Gasteiger partial charge >= 0.3 is 0 Å². The first-order valence-electron chi connectivity index (χ1n) is 5.41. The van der Waals surface area contributed by atoms with Crippen molar-refractivity contribution in [1.29, 1.82) is 0 Å². The Morgan fingerprint density at radius 1 is 1.47 bits per heavy atom. The van der Waals surface area contributed by atoms with Gasteiger partial charge in [-0.2, -0.15) is 0 Å².